The summed E-state index contributed by atoms with van der Waals surface area (Å²) < 4.78 is 5.95. The zero-order chi connectivity index (χ0) is 17.1. The standard InChI is InChI=1S/C18H21N6O/c19-15-5-4-13(17-14-11-22-23-18(14)21-12-20-17)10-16(15)25-9-8-24-6-2-1-3-7-24/h4-5,10-12H,1-3,6-9,19H2. The third kappa shape index (κ3) is 3.41. The second kappa shape index (κ2) is 7.06. The minimum absolute atomic E-state index is 0.592. The number of nitrogen functional groups attached to an aromatic ring is 1. The molecule has 7 nitrogen and oxygen atoms in total. The number of rotatable bonds is 5. The van der Waals surface area contributed by atoms with Crippen molar-refractivity contribution in [3.8, 4) is 17.0 Å². The summed E-state index contributed by atoms with van der Waals surface area (Å²) in [6.07, 6.45) is 7.08. The van der Waals surface area contributed by atoms with Crippen LogP contribution in [0.2, 0.25) is 0 Å². The Hall–Kier alpha value is -2.67. The topological polar surface area (TPSA) is 90.7 Å². The Balaban J connectivity index is 1.49. The monoisotopic (exact) mass is 337 g/mol. The van der Waals surface area contributed by atoms with Gasteiger partial charge in [0.2, 0.25) is 0 Å². The Morgan fingerprint density at radius 2 is 2.00 bits per heavy atom. The molecule has 1 radical (unpaired) electrons. The highest BCUT2D eigenvalue weighted by molar-refractivity contribution is 5.95. The summed E-state index contributed by atoms with van der Waals surface area (Å²) in [4.78, 5) is 10.9. The number of hydrogen-bond donors (Lipinski definition) is 1. The van der Waals surface area contributed by atoms with Crippen LogP contribution in [0.3, 0.4) is 0 Å². The van der Waals surface area contributed by atoms with Gasteiger partial charge in [-0.15, -0.1) is 5.43 Å². The number of nitrogens with two attached hydrogens (primary N) is 1. The van der Waals surface area contributed by atoms with Crippen LogP contribution in [0.25, 0.3) is 11.3 Å². The Morgan fingerprint density at radius 3 is 2.88 bits per heavy atom. The summed E-state index contributed by atoms with van der Waals surface area (Å²) in [5, 5.41) is 3.91. The highest BCUT2D eigenvalue weighted by atomic mass is 16.5. The predicted octanol–water partition coefficient (Wildman–Crippen LogP) is 2.17. The average molecular weight is 337 g/mol. The van der Waals surface area contributed by atoms with E-state index in [1.54, 1.807) is 6.21 Å². The molecule has 0 spiro atoms. The van der Waals surface area contributed by atoms with Gasteiger partial charge in [0.25, 0.3) is 0 Å². The van der Waals surface area contributed by atoms with Crippen LogP contribution in [0.5, 0.6) is 5.75 Å². The van der Waals surface area contributed by atoms with Crippen molar-refractivity contribution < 1.29 is 4.74 Å². The summed E-state index contributed by atoms with van der Waals surface area (Å²) >= 11 is 0. The van der Waals surface area contributed by atoms with E-state index < -0.39 is 0 Å². The molecule has 4 rings (SSSR count). The maximum Gasteiger partial charge on any atom is 0.187 e. The van der Waals surface area contributed by atoms with Crippen molar-refractivity contribution in [2.75, 3.05) is 32.0 Å². The summed E-state index contributed by atoms with van der Waals surface area (Å²) in [6, 6.07) is 5.71. The first kappa shape index (κ1) is 15.8. The molecule has 1 aromatic heterocycles. The fraction of sp³-hybridized carbons (Fsp3) is 0.389. The average Bonchev–Trinajstić information content (AvgIpc) is 3.13. The van der Waals surface area contributed by atoms with Gasteiger partial charge in [0.05, 0.1) is 23.2 Å². The molecule has 2 N–H and O–H groups in total. The van der Waals surface area contributed by atoms with E-state index in [1.807, 2.05) is 18.2 Å². The number of benzene rings is 1. The summed E-state index contributed by atoms with van der Waals surface area (Å²) in [6.45, 7) is 3.88. The number of nitrogens with zero attached hydrogens (tertiary/aromatic N) is 5. The highest BCUT2D eigenvalue weighted by Crippen LogP contribution is 2.32. The molecule has 0 saturated carbocycles. The molecule has 1 fully saturated rings. The first-order valence-corrected chi connectivity index (χ1v) is 8.65. The summed E-state index contributed by atoms with van der Waals surface area (Å²) in [5.74, 6) is 1.28. The van der Waals surface area contributed by atoms with Gasteiger partial charge in [0.1, 0.15) is 18.7 Å². The van der Waals surface area contributed by atoms with Crippen LogP contribution in [0.1, 0.15) is 24.8 Å². The molecule has 0 unspecified atom stereocenters. The number of ether oxygens (including phenoxy) is 1. The molecule has 7 heteroatoms. The van der Waals surface area contributed by atoms with E-state index in [2.05, 4.69) is 25.4 Å². The second-order valence-corrected chi connectivity index (χ2v) is 6.31. The molecule has 1 saturated heterocycles. The number of aromatic nitrogens is 2. The summed E-state index contributed by atoms with van der Waals surface area (Å²) in [5.41, 5.74) is 13.2. The van der Waals surface area contributed by atoms with Gasteiger partial charge in [0, 0.05) is 12.1 Å². The van der Waals surface area contributed by atoms with Gasteiger partial charge >= 0.3 is 0 Å². The summed E-state index contributed by atoms with van der Waals surface area (Å²) in [7, 11) is 0. The molecule has 129 valence electrons. The van der Waals surface area contributed by atoms with Crippen molar-refractivity contribution >= 4 is 17.7 Å². The molecule has 3 heterocycles. The Morgan fingerprint density at radius 1 is 1.12 bits per heavy atom. The molecule has 1 aromatic carbocycles. The third-order valence-corrected chi connectivity index (χ3v) is 4.60. The van der Waals surface area contributed by atoms with Gasteiger partial charge in [-0.3, -0.25) is 4.90 Å². The van der Waals surface area contributed by atoms with E-state index in [0.29, 0.717) is 23.9 Å². The molecule has 0 amide bonds. The Bertz CT molecular complexity index is 785. The molecule has 0 aliphatic carbocycles. The fourth-order valence-corrected chi connectivity index (χ4v) is 3.23. The van der Waals surface area contributed by atoms with Crippen LogP contribution in [0.15, 0.2) is 29.6 Å². The fourth-order valence-electron chi connectivity index (χ4n) is 3.23. The predicted molar refractivity (Wildman–Crippen MR) is 97.1 cm³/mol. The lowest BCUT2D eigenvalue weighted by Gasteiger charge is -2.26. The van der Waals surface area contributed by atoms with Gasteiger partial charge in [-0.2, -0.15) is 5.10 Å². The van der Waals surface area contributed by atoms with E-state index in [1.165, 1.54) is 25.6 Å². The van der Waals surface area contributed by atoms with Gasteiger partial charge in [0.15, 0.2) is 5.82 Å². The first-order chi connectivity index (χ1) is 12.3. The molecular weight excluding hydrogens is 316 g/mol. The normalized spacial score (nSPS) is 16.5. The molecule has 25 heavy (non-hydrogen) atoms. The minimum atomic E-state index is 0.592. The SMILES string of the molecule is Nc1ccc(-c2ncnc3c2C=N[N]3)cc1OCCN1CCCCC1. The lowest BCUT2D eigenvalue weighted by molar-refractivity contribution is 0.184. The third-order valence-electron chi connectivity index (χ3n) is 4.60. The molecule has 0 bridgehead atoms. The van der Waals surface area contributed by atoms with E-state index in [4.69, 9.17) is 10.5 Å². The molecule has 2 aliphatic rings. The van der Waals surface area contributed by atoms with Gasteiger partial charge in [-0.05, 0) is 38.1 Å². The number of piperidine rings is 1. The Kier molecular flexibility index (Phi) is 4.47. The molecule has 0 atom stereocenters. The first-order valence-electron chi connectivity index (χ1n) is 8.65. The van der Waals surface area contributed by atoms with Crippen molar-refractivity contribution in [1.82, 2.24) is 20.3 Å². The molecule has 2 aliphatic heterocycles. The van der Waals surface area contributed by atoms with Gasteiger partial charge in [-0.1, -0.05) is 12.5 Å². The molecule has 2 aromatic rings. The van der Waals surface area contributed by atoms with Crippen molar-refractivity contribution in [3.63, 3.8) is 0 Å². The van der Waals surface area contributed by atoms with E-state index in [9.17, 15) is 0 Å². The van der Waals surface area contributed by atoms with Gasteiger partial charge in [-0.25, -0.2) is 9.97 Å². The van der Waals surface area contributed by atoms with E-state index in [0.717, 1.165) is 36.5 Å². The number of fused-ring (bicyclic) bond motifs is 1. The highest BCUT2D eigenvalue weighted by Gasteiger charge is 2.17. The van der Waals surface area contributed by atoms with Crippen LogP contribution in [0.4, 0.5) is 11.5 Å². The zero-order valence-electron chi connectivity index (χ0n) is 14.1. The van der Waals surface area contributed by atoms with Crippen molar-refractivity contribution in [3.05, 3.63) is 30.1 Å². The quantitative estimate of drug-likeness (QED) is 0.845. The van der Waals surface area contributed by atoms with Crippen LogP contribution in [-0.2, 0) is 0 Å². The second-order valence-electron chi connectivity index (χ2n) is 6.31. The molecular formula is C18H21N6O. The largest absolute Gasteiger partial charge is 0.490 e. The Labute approximate surface area is 146 Å². The van der Waals surface area contributed by atoms with Crippen LogP contribution in [-0.4, -0.2) is 47.3 Å². The maximum absolute atomic E-state index is 6.08. The van der Waals surface area contributed by atoms with Crippen LogP contribution < -0.4 is 15.9 Å². The number of hydrogen-bond acceptors (Lipinski definition) is 6. The minimum Gasteiger partial charge on any atom is -0.490 e. The van der Waals surface area contributed by atoms with Crippen LogP contribution in [0, 0.1) is 0 Å². The van der Waals surface area contributed by atoms with E-state index in [-0.39, 0.29) is 0 Å². The smallest absolute Gasteiger partial charge is 0.187 e. The van der Waals surface area contributed by atoms with Crippen molar-refractivity contribution in [2.45, 2.75) is 19.3 Å². The lowest BCUT2D eigenvalue weighted by Crippen LogP contribution is -2.33. The maximum atomic E-state index is 6.08. The van der Waals surface area contributed by atoms with Crippen molar-refractivity contribution in [2.24, 2.45) is 5.10 Å². The van der Waals surface area contributed by atoms with Gasteiger partial charge < -0.3 is 10.5 Å². The zero-order valence-corrected chi connectivity index (χ0v) is 14.1. The van der Waals surface area contributed by atoms with Crippen molar-refractivity contribution in [1.29, 1.82) is 0 Å². The van der Waals surface area contributed by atoms with E-state index >= 15 is 0 Å². The van der Waals surface area contributed by atoms with Crippen LogP contribution >= 0.6 is 0 Å². The number of likely N-dealkylation sites (tertiary alicyclic amines) is 1. The lowest BCUT2D eigenvalue weighted by atomic mass is 10.1. The number of anilines is 1.